The molecule has 5 heteroatoms. The van der Waals surface area contributed by atoms with Crippen molar-refractivity contribution in [2.24, 2.45) is 0 Å². The largest absolute Gasteiger partial charge is 0.468 e. The Bertz CT molecular complexity index is 209. The third-order valence-electron chi connectivity index (χ3n) is 2.49. The van der Waals surface area contributed by atoms with Gasteiger partial charge in [0.25, 0.3) is 0 Å². The molecule has 1 aliphatic heterocycles. The second kappa shape index (κ2) is 4.72. The standard InChI is InChI=1S/C9H17NO4/c1-3-4-10-5-6(11)8(12)7(10)9(13)14-2/h6-8,11-12H,3-5H2,1-2H3. The summed E-state index contributed by atoms with van der Waals surface area (Å²) in [7, 11) is 1.28. The maximum atomic E-state index is 11.3. The lowest BCUT2D eigenvalue weighted by molar-refractivity contribution is -0.149. The number of rotatable bonds is 3. The number of methoxy groups -OCH3 is 1. The van der Waals surface area contributed by atoms with Crippen LogP contribution in [0.4, 0.5) is 0 Å². The highest BCUT2D eigenvalue weighted by atomic mass is 16.5. The van der Waals surface area contributed by atoms with E-state index < -0.39 is 24.2 Å². The van der Waals surface area contributed by atoms with Crippen LogP contribution in [0.1, 0.15) is 13.3 Å². The summed E-state index contributed by atoms with van der Waals surface area (Å²) in [5.74, 6) is -0.484. The number of hydrogen-bond donors (Lipinski definition) is 2. The molecular formula is C9H17NO4. The van der Waals surface area contributed by atoms with E-state index in [-0.39, 0.29) is 0 Å². The molecule has 1 heterocycles. The van der Waals surface area contributed by atoms with Crippen molar-refractivity contribution in [2.45, 2.75) is 31.6 Å². The zero-order chi connectivity index (χ0) is 10.7. The molecule has 0 aromatic rings. The van der Waals surface area contributed by atoms with Gasteiger partial charge in [-0.05, 0) is 13.0 Å². The van der Waals surface area contributed by atoms with Crippen LogP contribution in [-0.4, -0.2) is 59.5 Å². The summed E-state index contributed by atoms with van der Waals surface area (Å²) in [4.78, 5) is 13.1. The van der Waals surface area contributed by atoms with Crippen LogP contribution in [0.25, 0.3) is 0 Å². The number of likely N-dealkylation sites (tertiary alicyclic amines) is 1. The molecule has 3 unspecified atom stereocenters. The van der Waals surface area contributed by atoms with E-state index in [9.17, 15) is 15.0 Å². The molecule has 14 heavy (non-hydrogen) atoms. The summed E-state index contributed by atoms with van der Waals surface area (Å²) in [6, 6.07) is -0.713. The van der Waals surface area contributed by atoms with E-state index >= 15 is 0 Å². The lowest BCUT2D eigenvalue weighted by Gasteiger charge is -2.22. The molecule has 0 amide bonds. The van der Waals surface area contributed by atoms with E-state index in [0.717, 1.165) is 6.42 Å². The highest BCUT2D eigenvalue weighted by Crippen LogP contribution is 2.19. The number of hydrogen-bond acceptors (Lipinski definition) is 5. The summed E-state index contributed by atoms with van der Waals surface area (Å²) in [6.07, 6.45) is -1.02. The molecule has 82 valence electrons. The minimum absolute atomic E-state index is 0.328. The van der Waals surface area contributed by atoms with Crippen molar-refractivity contribution in [3.63, 3.8) is 0 Å². The fraction of sp³-hybridized carbons (Fsp3) is 0.889. The minimum Gasteiger partial charge on any atom is -0.468 e. The first kappa shape index (κ1) is 11.4. The van der Waals surface area contributed by atoms with E-state index in [4.69, 9.17) is 0 Å². The maximum Gasteiger partial charge on any atom is 0.325 e. The predicted octanol–water partition coefficient (Wildman–Crippen LogP) is -1.02. The maximum absolute atomic E-state index is 11.3. The van der Waals surface area contributed by atoms with Gasteiger partial charge >= 0.3 is 5.97 Å². The van der Waals surface area contributed by atoms with Gasteiger partial charge in [0, 0.05) is 6.54 Å². The van der Waals surface area contributed by atoms with Crippen LogP contribution in [0.2, 0.25) is 0 Å². The van der Waals surface area contributed by atoms with Crippen LogP contribution < -0.4 is 0 Å². The van der Waals surface area contributed by atoms with Crippen molar-refractivity contribution < 1.29 is 19.7 Å². The van der Waals surface area contributed by atoms with Crippen LogP contribution in [0, 0.1) is 0 Å². The number of carbonyl (C=O) groups is 1. The lowest BCUT2D eigenvalue weighted by atomic mass is 10.1. The van der Waals surface area contributed by atoms with E-state index in [2.05, 4.69) is 4.74 Å². The molecule has 0 saturated carbocycles. The molecule has 2 N–H and O–H groups in total. The monoisotopic (exact) mass is 203 g/mol. The number of carbonyl (C=O) groups excluding carboxylic acids is 1. The van der Waals surface area contributed by atoms with Crippen molar-refractivity contribution in [3.8, 4) is 0 Å². The van der Waals surface area contributed by atoms with Gasteiger partial charge in [-0.15, -0.1) is 0 Å². The van der Waals surface area contributed by atoms with Crippen molar-refractivity contribution in [1.82, 2.24) is 4.90 Å². The van der Waals surface area contributed by atoms with Gasteiger partial charge in [0.1, 0.15) is 12.1 Å². The molecule has 0 aliphatic carbocycles. The molecule has 0 spiro atoms. The van der Waals surface area contributed by atoms with E-state index in [1.807, 2.05) is 6.92 Å². The van der Waals surface area contributed by atoms with Gasteiger partial charge in [-0.1, -0.05) is 6.92 Å². The summed E-state index contributed by atoms with van der Waals surface area (Å²) < 4.78 is 4.58. The van der Waals surface area contributed by atoms with Gasteiger partial charge in [-0.2, -0.15) is 0 Å². The highest BCUT2D eigenvalue weighted by molar-refractivity contribution is 5.77. The van der Waals surface area contributed by atoms with Gasteiger partial charge in [0.2, 0.25) is 0 Å². The Morgan fingerprint density at radius 2 is 2.21 bits per heavy atom. The van der Waals surface area contributed by atoms with E-state index in [1.165, 1.54) is 7.11 Å². The van der Waals surface area contributed by atoms with Gasteiger partial charge in [0.05, 0.1) is 13.2 Å². The van der Waals surface area contributed by atoms with Crippen LogP contribution in [0.3, 0.4) is 0 Å². The number of esters is 1. The summed E-state index contributed by atoms with van der Waals surface area (Å²) in [5.41, 5.74) is 0. The second-order valence-corrected chi connectivity index (χ2v) is 3.52. The Hall–Kier alpha value is -0.650. The quantitative estimate of drug-likeness (QED) is 0.574. The van der Waals surface area contributed by atoms with Gasteiger partial charge in [-0.25, -0.2) is 0 Å². The molecule has 0 aromatic heterocycles. The molecule has 1 fully saturated rings. The number of β-amino-alcohol motifs (C(OH)–C–C–N with tert-alkyl or cyclic N) is 1. The Morgan fingerprint density at radius 1 is 1.57 bits per heavy atom. The second-order valence-electron chi connectivity index (χ2n) is 3.52. The van der Waals surface area contributed by atoms with Gasteiger partial charge in [0.15, 0.2) is 0 Å². The molecule has 1 saturated heterocycles. The Labute approximate surface area is 83.3 Å². The average Bonchev–Trinajstić information content (AvgIpc) is 2.43. The highest BCUT2D eigenvalue weighted by Gasteiger charge is 2.44. The van der Waals surface area contributed by atoms with Crippen LogP contribution in [0.5, 0.6) is 0 Å². The molecule has 1 aliphatic rings. The van der Waals surface area contributed by atoms with Crippen LogP contribution in [0.15, 0.2) is 0 Å². The molecular weight excluding hydrogens is 186 g/mol. The number of aliphatic hydroxyl groups is 2. The minimum atomic E-state index is -1.03. The zero-order valence-corrected chi connectivity index (χ0v) is 8.51. The zero-order valence-electron chi connectivity index (χ0n) is 8.51. The van der Waals surface area contributed by atoms with Crippen molar-refractivity contribution in [3.05, 3.63) is 0 Å². The Morgan fingerprint density at radius 3 is 2.71 bits per heavy atom. The van der Waals surface area contributed by atoms with Crippen molar-refractivity contribution in [2.75, 3.05) is 20.2 Å². The molecule has 3 atom stereocenters. The van der Waals surface area contributed by atoms with E-state index in [0.29, 0.717) is 13.1 Å². The SMILES string of the molecule is CCCN1CC(O)C(O)C1C(=O)OC. The normalized spacial score (nSPS) is 33.3. The van der Waals surface area contributed by atoms with Crippen molar-refractivity contribution in [1.29, 1.82) is 0 Å². The summed E-state index contributed by atoms with van der Waals surface area (Å²) in [6.45, 7) is 2.98. The summed E-state index contributed by atoms with van der Waals surface area (Å²) >= 11 is 0. The fourth-order valence-corrected chi connectivity index (χ4v) is 1.82. The molecule has 1 rings (SSSR count). The number of nitrogens with zero attached hydrogens (tertiary/aromatic N) is 1. The number of aliphatic hydroxyl groups excluding tert-OH is 2. The first-order valence-corrected chi connectivity index (χ1v) is 4.79. The smallest absolute Gasteiger partial charge is 0.325 e. The van der Waals surface area contributed by atoms with Crippen molar-refractivity contribution >= 4 is 5.97 Å². The van der Waals surface area contributed by atoms with Gasteiger partial charge in [-0.3, -0.25) is 9.69 Å². The first-order valence-electron chi connectivity index (χ1n) is 4.79. The topological polar surface area (TPSA) is 70.0 Å². The van der Waals surface area contributed by atoms with Crippen LogP contribution >= 0.6 is 0 Å². The third-order valence-corrected chi connectivity index (χ3v) is 2.49. The predicted molar refractivity (Wildman–Crippen MR) is 49.7 cm³/mol. The number of ether oxygens (including phenoxy) is 1. The Balaban J connectivity index is 2.70. The fourth-order valence-electron chi connectivity index (χ4n) is 1.82. The lowest BCUT2D eigenvalue weighted by Crippen LogP contribution is -2.43. The van der Waals surface area contributed by atoms with Crippen LogP contribution in [-0.2, 0) is 9.53 Å². The Kier molecular flexibility index (Phi) is 3.86. The molecule has 0 aromatic carbocycles. The van der Waals surface area contributed by atoms with E-state index in [1.54, 1.807) is 4.90 Å². The molecule has 5 nitrogen and oxygen atoms in total. The average molecular weight is 203 g/mol. The van der Waals surface area contributed by atoms with Gasteiger partial charge < -0.3 is 14.9 Å². The summed E-state index contributed by atoms with van der Waals surface area (Å²) in [5, 5.41) is 19.0. The molecule has 0 bridgehead atoms. The first-order chi connectivity index (χ1) is 6.61. The molecule has 0 radical (unpaired) electrons. The third kappa shape index (κ3) is 2.05.